The normalized spacial score (nSPS) is 36.8. The summed E-state index contributed by atoms with van der Waals surface area (Å²) in [4.78, 5) is 25.1. The molecule has 0 unspecified atom stereocenters. The molecule has 2 aliphatic rings. The summed E-state index contributed by atoms with van der Waals surface area (Å²) in [6, 6.07) is 0. The summed E-state index contributed by atoms with van der Waals surface area (Å²) in [7, 11) is -0.791. The van der Waals surface area contributed by atoms with Gasteiger partial charge in [-0.05, 0) is 38.1 Å². The molecule has 23 heavy (non-hydrogen) atoms. The molecule has 130 valence electrons. The molecule has 0 aromatic carbocycles. The summed E-state index contributed by atoms with van der Waals surface area (Å²) in [5, 5.41) is -0.00176. The summed E-state index contributed by atoms with van der Waals surface area (Å²) in [5.74, 6) is -0.840. The fourth-order valence-electron chi connectivity index (χ4n) is 3.09. The molecule has 5 nitrogen and oxygen atoms in total. The van der Waals surface area contributed by atoms with Crippen molar-refractivity contribution in [1.82, 2.24) is 0 Å². The number of esters is 2. The topological polar surface area (TPSA) is 61.8 Å². The highest BCUT2D eigenvalue weighted by molar-refractivity contribution is 6.74. The van der Waals surface area contributed by atoms with Crippen molar-refractivity contribution in [1.29, 1.82) is 0 Å². The van der Waals surface area contributed by atoms with Gasteiger partial charge >= 0.3 is 11.9 Å². The second-order valence-electron chi connectivity index (χ2n) is 8.41. The minimum Gasteiger partial charge on any atom is -0.468 e. The lowest BCUT2D eigenvalue weighted by Crippen LogP contribution is -2.59. The van der Waals surface area contributed by atoms with Crippen LogP contribution < -0.4 is 0 Å². The second-order valence-corrected chi connectivity index (χ2v) is 13.2. The van der Waals surface area contributed by atoms with Crippen LogP contribution in [0.4, 0.5) is 0 Å². The van der Waals surface area contributed by atoms with E-state index in [1.165, 1.54) is 7.11 Å². The number of carbonyl (C=O) groups excluding carboxylic acids is 2. The molecule has 1 aliphatic heterocycles. The molecule has 0 saturated carbocycles. The molecular weight excluding hydrogens is 312 g/mol. The molecule has 2 rings (SSSR count). The second kappa shape index (κ2) is 5.18. The van der Waals surface area contributed by atoms with Gasteiger partial charge in [-0.15, -0.1) is 0 Å². The van der Waals surface area contributed by atoms with Crippen molar-refractivity contribution in [3.8, 4) is 0 Å². The van der Waals surface area contributed by atoms with E-state index in [1.807, 2.05) is 6.08 Å². The van der Waals surface area contributed by atoms with Crippen LogP contribution in [-0.2, 0) is 23.5 Å². The van der Waals surface area contributed by atoms with E-state index in [0.29, 0.717) is 0 Å². The third-order valence-electron chi connectivity index (χ3n) is 6.17. The van der Waals surface area contributed by atoms with Crippen molar-refractivity contribution in [2.24, 2.45) is 10.8 Å². The molecule has 1 saturated heterocycles. The molecular formula is C17H28O5Si. The zero-order chi connectivity index (χ0) is 17.8. The summed E-state index contributed by atoms with van der Waals surface area (Å²) in [6.07, 6.45) is 2.53. The molecule has 0 spiro atoms. The van der Waals surface area contributed by atoms with E-state index in [2.05, 4.69) is 33.9 Å². The van der Waals surface area contributed by atoms with Crippen LogP contribution in [0.2, 0.25) is 18.1 Å². The third kappa shape index (κ3) is 2.29. The monoisotopic (exact) mass is 340 g/mol. The molecule has 1 fully saturated rings. The fourth-order valence-corrected chi connectivity index (χ4v) is 4.39. The van der Waals surface area contributed by atoms with E-state index in [9.17, 15) is 9.59 Å². The number of rotatable bonds is 3. The minimum absolute atomic E-state index is 0.00176. The van der Waals surface area contributed by atoms with Crippen molar-refractivity contribution in [3.05, 3.63) is 12.2 Å². The van der Waals surface area contributed by atoms with E-state index >= 15 is 0 Å². The van der Waals surface area contributed by atoms with Gasteiger partial charge in [-0.3, -0.25) is 9.59 Å². The standard InChI is InChI=1S/C17H28O5Si/c1-15(2,3)23(7,8)22-12-10-9-11-16(4,13(18)20-6)17(12,5)14(19)21-11/h9-12H,1-8H3/t11-,12-,16+,17-/m0/s1. The summed E-state index contributed by atoms with van der Waals surface area (Å²) < 4.78 is 16.9. The predicted octanol–water partition coefficient (Wildman–Crippen LogP) is 3.06. The molecule has 6 heteroatoms. The SMILES string of the molecule is COC(=O)[C@@]1(C)[C@@H]2C=C[C@H](O[Si](C)(C)C(C)(C)C)[C@@]1(C)C(=O)O2. The van der Waals surface area contributed by atoms with E-state index in [4.69, 9.17) is 13.9 Å². The molecule has 0 aromatic rings. The Labute approximate surface area is 139 Å². The Kier molecular flexibility index (Phi) is 4.10. The van der Waals surface area contributed by atoms with E-state index < -0.39 is 43.3 Å². The molecule has 0 radical (unpaired) electrons. The molecule has 1 aliphatic carbocycles. The zero-order valence-electron chi connectivity index (χ0n) is 15.4. The Bertz CT molecular complexity index is 562. The lowest BCUT2D eigenvalue weighted by atomic mass is 9.59. The Balaban J connectivity index is 2.48. The van der Waals surface area contributed by atoms with Gasteiger partial charge < -0.3 is 13.9 Å². The highest BCUT2D eigenvalue weighted by Gasteiger charge is 2.72. The number of carbonyl (C=O) groups is 2. The van der Waals surface area contributed by atoms with Gasteiger partial charge in [0.1, 0.15) is 16.9 Å². The van der Waals surface area contributed by atoms with Gasteiger partial charge in [-0.1, -0.05) is 26.8 Å². The Morgan fingerprint density at radius 1 is 1.26 bits per heavy atom. The molecule has 0 amide bonds. The average molecular weight is 340 g/mol. The van der Waals surface area contributed by atoms with Crippen LogP contribution in [-0.4, -0.2) is 39.6 Å². The van der Waals surface area contributed by atoms with Gasteiger partial charge in [0.2, 0.25) is 0 Å². The number of fused-ring (bicyclic) bond motifs is 2. The lowest BCUT2D eigenvalue weighted by molar-refractivity contribution is -0.166. The first-order valence-electron chi connectivity index (χ1n) is 7.98. The first-order valence-corrected chi connectivity index (χ1v) is 10.9. The van der Waals surface area contributed by atoms with Gasteiger partial charge in [-0.25, -0.2) is 0 Å². The quantitative estimate of drug-likeness (QED) is 0.449. The maximum absolute atomic E-state index is 12.6. The summed E-state index contributed by atoms with van der Waals surface area (Å²) >= 11 is 0. The fraction of sp³-hybridized carbons (Fsp3) is 0.765. The van der Waals surface area contributed by atoms with Crippen LogP contribution >= 0.6 is 0 Å². The third-order valence-corrected chi connectivity index (χ3v) is 10.6. The van der Waals surface area contributed by atoms with Crippen molar-refractivity contribution in [3.63, 3.8) is 0 Å². The van der Waals surface area contributed by atoms with E-state index in [0.717, 1.165) is 0 Å². The number of hydrogen-bond acceptors (Lipinski definition) is 5. The van der Waals surface area contributed by atoms with Crippen LogP contribution in [0, 0.1) is 10.8 Å². The van der Waals surface area contributed by atoms with Crippen LogP contribution in [0.1, 0.15) is 34.6 Å². The lowest BCUT2D eigenvalue weighted by Gasteiger charge is -2.47. The molecule has 0 N–H and O–H groups in total. The average Bonchev–Trinajstić information content (AvgIpc) is 2.54. The van der Waals surface area contributed by atoms with Crippen molar-refractivity contribution in [2.45, 2.75) is 65.0 Å². The molecule has 1 heterocycles. The maximum Gasteiger partial charge on any atom is 0.316 e. The van der Waals surface area contributed by atoms with Gasteiger partial charge in [-0.2, -0.15) is 0 Å². The predicted molar refractivity (Wildman–Crippen MR) is 89.3 cm³/mol. The highest BCUT2D eigenvalue weighted by atomic mass is 28.4. The number of ether oxygens (including phenoxy) is 2. The molecule has 0 aromatic heterocycles. The van der Waals surface area contributed by atoms with Crippen molar-refractivity contribution >= 4 is 20.3 Å². The van der Waals surface area contributed by atoms with Crippen molar-refractivity contribution < 1.29 is 23.5 Å². The van der Waals surface area contributed by atoms with Gasteiger partial charge in [0.25, 0.3) is 0 Å². The van der Waals surface area contributed by atoms with Crippen LogP contribution in [0.15, 0.2) is 12.2 Å². The number of methoxy groups -OCH3 is 1. The summed E-state index contributed by atoms with van der Waals surface area (Å²) in [5.41, 5.74) is -2.17. The van der Waals surface area contributed by atoms with Crippen molar-refractivity contribution in [2.75, 3.05) is 7.11 Å². The van der Waals surface area contributed by atoms with Crippen LogP contribution in [0.25, 0.3) is 0 Å². The van der Waals surface area contributed by atoms with Gasteiger partial charge in [0.15, 0.2) is 8.32 Å². The maximum atomic E-state index is 12.6. The largest absolute Gasteiger partial charge is 0.468 e. The first kappa shape index (κ1) is 18.2. The van der Waals surface area contributed by atoms with Gasteiger partial charge in [0.05, 0.1) is 13.2 Å². The van der Waals surface area contributed by atoms with E-state index in [-0.39, 0.29) is 5.04 Å². The summed E-state index contributed by atoms with van der Waals surface area (Å²) in [6.45, 7) is 14.2. The zero-order valence-corrected chi connectivity index (χ0v) is 16.4. The van der Waals surface area contributed by atoms with Gasteiger partial charge in [0, 0.05) is 0 Å². The Hall–Kier alpha value is -1.14. The van der Waals surface area contributed by atoms with Crippen LogP contribution in [0.5, 0.6) is 0 Å². The number of hydrogen-bond donors (Lipinski definition) is 0. The smallest absolute Gasteiger partial charge is 0.316 e. The Morgan fingerprint density at radius 2 is 1.83 bits per heavy atom. The van der Waals surface area contributed by atoms with E-state index in [1.54, 1.807) is 19.9 Å². The Morgan fingerprint density at radius 3 is 2.30 bits per heavy atom. The van der Waals surface area contributed by atoms with Crippen LogP contribution in [0.3, 0.4) is 0 Å². The first-order chi connectivity index (χ1) is 10.3. The molecule has 4 atom stereocenters. The molecule has 2 bridgehead atoms. The minimum atomic E-state index is -2.13. The highest BCUT2D eigenvalue weighted by Crippen LogP contribution is 2.57.